The van der Waals surface area contributed by atoms with Gasteiger partial charge in [0.25, 0.3) is 5.91 Å². The number of ether oxygens (including phenoxy) is 1. The van der Waals surface area contributed by atoms with Gasteiger partial charge in [-0.25, -0.2) is 0 Å². The van der Waals surface area contributed by atoms with Crippen LogP contribution in [0.2, 0.25) is 5.02 Å². The van der Waals surface area contributed by atoms with Gasteiger partial charge in [-0.05, 0) is 37.5 Å². The molecule has 2 aliphatic heterocycles. The average molecular weight is 267 g/mol. The normalized spacial score (nSPS) is 29.5. The van der Waals surface area contributed by atoms with E-state index in [1.54, 1.807) is 18.2 Å². The van der Waals surface area contributed by atoms with Crippen molar-refractivity contribution >= 4 is 23.2 Å². The molecule has 2 saturated heterocycles. The second-order valence-corrected chi connectivity index (χ2v) is 5.34. The van der Waals surface area contributed by atoms with Crippen molar-refractivity contribution in [1.82, 2.24) is 5.32 Å². The van der Waals surface area contributed by atoms with Gasteiger partial charge in [0.2, 0.25) is 0 Å². The van der Waals surface area contributed by atoms with E-state index in [0.29, 0.717) is 22.4 Å². The molecule has 3 atom stereocenters. The topological polar surface area (TPSA) is 64.4 Å². The van der Waals surface area contributed by atoms with Crippen LogP contribution in [-0.4, -0.2) is 24.2 Å². The quantitative estimate of drug-likeness (QED) is 0.805. The number of carbonyl (C=O) groups excluding carboxylic acids is 1. The van der Waals surface area contributed by atoms with E-state index in [1.165, 1.54) is 0 Å². The van der Waals surface area contributed by atoms with E-state index < -0.39 is 0 Å². The molecular weight excluding hydrogens is 252 g/mol. The molecule has 3 unspecified atom stereocenters. The number of amides is 1. The number of carbonyl (C=O) groups is 1. The zero-order valence-electron chi connectivity index (χ0n) is 9.86. The summed E-state index contributed by atoms with van der Waals surface area (Å²) in [6.45, 7) is 0. The molecule has 96 valence electrons. The highest BCUT2D eigenvalue weighted by atomic mass is 35.5. The summed E-state index contributed by atoms with van der Waals surface area (Å²) in [4.78, 5) is 12.1. The van der Waals surface area contributed by atoms with Gasteiger partial charge >= 0.3 is 0 Å². The molecule has 0 spiro atoms. The Kier molecular flexibility index (Phi) is 2.92. The number of nitrogens with one attached hydrogen (secondary N) is 1. The van der Waals surface area contributed by atoms with Crippen molar-refractivity contribution in [3.63, 3.8) is 0 Å². The van der Waals surface area contributed by atoms with Gasteiger partial charge in [-0.1, -0.05) is 11.6 Å². The van der Waals surface area contributed by atoms with Gasteiger partial charge in [0.05, 0.1) is 28.8 Å². The number of nitrogen functional groups attached to an aromatic ring is 1. The fraction of sp³-hybridized carbons (Fsp3) is 0.462. The van der Waals surface area contributed by atoms with E-state index in [2.05, 4.69) is 5.32 Å². The van der Waals surface area contributed by atoms with E-state index in [0.717, 1.165) is 19.3 Å². The van der Waals surface area contributed by atoms with Gasteiger partial charge in [0.1, 0.15) is 0 Å². The van der Waals surface area contributed by atoms with Crippen LogP contribution < -0.4 is 11.1 Å². The molecule has 3 N–H and O–H groups in total. The van der Waals surface area contributed by atoms with Gasteiger partial charge in [0.15, 0.2) is 0 Å². The maximum Gasteiger partial charge on any atom is 0.253 e. The fourth-order valence-electron chi connectivity index (χ4n) is 2.75. The molecule has 2 bridgehead atoms. The van der Waals surface area contributed by atoms with Crippen LogP contribution in [0.15, 0.2) is 18.2 Å². The Bertz CT molecular complexity index is 492. The van der Waals surface area contributed by atoms with Crippen LogP contribution in [0.1, 0.15) is 29.6 Å². The Hall–Kier alpha value is -1.26. The molecule has 2 fully saturated rings. The number of benzene rings is 1. The molecule has 5 heteroatoms. The summed E-state index contributed by atoms with van der Waals surface area (Å²) < 4.78 is 5.70. The van der Waals surface area contributed by atoms with Crippen LogP contribution in [0.5, 0.6) is 0 Å². The lowest BCUT2D eigenvalue weighted by Gasteiger charge is -2.20. The molecular formula is C13H15ClN2O2. The summed E-state index contributed by atoms with van der Waals surface area (Å²) in [6.07, 6.45) is 3.54. The van der Waals surface area contributed by atoms with E-state index in [9.17, 15) is 4.79 Å². The SMILES string of the molecule is Nc1ccc(C(=O)NC2CC3CCC2O3)c(Cl)c1. The predicted molar refractivity (Wildman–Crippen MR) is 69.6 cm³/mol. The van der Waals surface area contributed by atoms with Crippen LogP contribution >= 0.6 is 11.6 Å². The van der Waals surface area contributed by atoms with Gasteiger partial charge in [-0.2, -0.15) is 0 Å². The van der Waals surface area contributed by atoms with Crippen molar-refractivity contribution < 1.29 is 9.53 Å². The molecule has 2 heterocycles. The molecule has 1 aromatic carbocycles. The summed E-state index contributed by atoms with van der Waals surface area (Å²) >= 11 is 6.02. The number of hydrogen-bond acceptors (Lipinski definition) is 3. The number of anilines is 1. The second-order valence-electron chi connectivity index (χ2n) is 4.93. The lowest BCUT2D eigenvalue weighted by atomic mass is 9.95. The van der Waals surface area contributed by atoms with Crippen molar-refractivity contribution in [2.24, 2.45) is 0 Å². The lowest BCUT2D eigenvalue weighted by molar-refractivity contribution is 0.0841. The monoisotopic (exact) mass is 266 g/mol. The third kappa shape index (κ3) is 2.06. The van der Waals surface area contributed by atoms with E-state index >= 15 is 0 Å². The molecule has 18 heavy (non-hydrogen) atoms. The first kappa shape index (κ1) is 11.8. The van der Waals surface area contributed by atoms with Crippen LogP contribution in [0.3, 0.4) is 0 Å². The third-order valence-corrected chi connectivity index (χ3v) is 3.97. The van der Waals surface area contributed by atoms with Crippen molar-refractivity contribution in [2.45, 2.75) is 37.5 Å². The van der Waals surface area contributed by atoms with Gasteiger partial charge in [0, 0.05) is 5.69 Å². The zero-order chi connectivity index (χ0) is 12.7. The molecule has 1 aromatic rings. The summed E-state index contributed by atoms with van der Waals surface area (Å²) in [5, 5.41) is 3.38. The Morgan fingerprint density at radius 3 is 2.89 bits per heavy atom. The lowest BCUT2D eigenvalue weighted by Crippen LogP contribution is -2.41. The third-order valence-electron chi connectivity index (χ3n) is 3.66. The smallest absolute Gasteiger partial charge is 0.253 e. The summed E-state index contributed by atoms with van der Waals surface area (Å²) in [6, 6.07) is 5.04. The minimum atomic E-state index is -0.152. The summed E-state index contributed by atoms with van der Waals surface area (Å²) in [5.74, 6) is -0.152. The molecule has 1 amide bonds. The fourth-order valence-corrected chi connectivity index (χ4v) is 3.03. The minimum Gasteiger partial charge on any atom is -0.399 e. The predicted octanol–water partition coefficient (Wildman–Crippen LogP) is 1.97. The van der Waals surface area contributed by atoms with Crippen molar-refractivity contribution in [3.8, 4) is 0 Å². The summed E-state index contributed by atoms with van der Waals surface area (Å²) in [7, 11) is 0. The van der Waals surface area contributed by atoms with Crippen LogP contribution in [-0.2, 0) is 4.74 Å². The first-order chi connectivity index (χ1) is 8.63. The standard InChI is InChI=1S/C13H15ClN2O2/c14-10-5-7(15)1-3-9(10)13(17)16-11-6-8-2-4-12(11)18-8/h1,3,5,8,11-12H,2,4,6,15H2,(H,16,17). The highest BCUT2D eigenvalue weighted by molar-refractivity contribution is 6.34. The zero-order valence-corrected chi connectivity index (χ0v) is 10.6. The first-order valence-electron chi connectivity index (χ1n) is 6.15. The van der Waals surface area contributed by atoms with E-state index in [1.807, 2.05) is 0 Å². The molecule has 0 aliphatic carbocycles. The highest BCUT2D eigenvalue weighted by Gasteiger charge is 2.41. The summed E-state index contributed by atoms with van der Waals surface area (Å²) in [5.41, 5.74) is 6.63. The molecule has 4 nitrogen and oxygen atoms in total. The molecule has 0 saturated carbocycles. The van der Waals surface area contributed by atoms with Crippen molar-refractivity contribution in [1.29, 1.82) is 0 Å². The van der Waals surface area contributed by atoms with Crippen molar-refractivity contribution in [3.05, 3.63) is 28.8 Å². The van der Waals surface area contributed by atoms with E-state index in [-0.39, 0.29) is 18.1 Å². The van der Waals surface area contributed by atoms with E-state index in [4.69, 9.17) is 22.1 Å². The largest absolute Gasteiger partial charge is 0.399 e. The van der Waals surface area contributed by atoms with Crippen molar-refractivity contribution in [2.75, 3.05) is 5.73 Å². The Labute approximate surface area is 110 Å². The molecule has 0 radical (unpaired) electrons. The highest BCUT2D eigenvalue weighted by Crippen LogP contribution is 2.34. The number of halogens is 1. The molecule has 0 aromatic heterocycles. The van der Waals surface area contributed by atoms with Crippen LogP contribution in [0.25, 0.3) is 0 Å². The maximum absolute atomic E-state index is 12.1. The van der Waals surface area contributed by atoms with Gasteiger partial charge in [-0.15, -0.1) is 0 Å². The average Bonchev–Trinajstić information content (AvgIpc) is 2.90. The van der Waals surface area contributed by atoms with Gasteiger partial charge in [-0.3, -0.25) is 4.79 Å². The molecule has 3 rings (SSSR count). The number of fused-ring (bicyclic) bond motifs is 2. The number of hydrogen-bond donors (Lipinski definition) is 2. The van der Waals surface area contributed by atoms with Crippen LogP contribution in [0, 0.1) is 0 Å². The second kappa shape index (κ2) is 4.44. The number of nitrogens with two attached hydrogens (primary N) is 1. The van der Waals surface area contributed by atoms with Gasteiger partial charge < -0.3 is 15.8 Å². The first-order valence-corrected chi connectivity index (χ1v) is 6.52. The maximum atomic E-state index is 12.1. The Morgan fingerprint density at radius 2 is 2.28 bits per heavy atom. The Morgan fingerprint density at radius 1 is 1.44 bits per heavy atom. The molecule has 2 aliphatic rings. The number of rotatable bonds is 2. The van der Waals surface area contributed by atoms with Crippen LogP contribution in [0.4, 0.5) is 5.69 Å². The minimum absolute atomic E-state index is 0.116. The Balaban J connectivity index is 1.71.